The molecule has 0 bridgehead atoms. The van der Waals surface area contributed by atoms with Crippen LogP contribution in [-0.4, -0.2) is 40.5 Å². The topological polar surface area (TPSA) is 75.5 Å². The monoisotopic (exact) mass is 293 g/mol. The molecule has 2 heterocycles. The van der Waals surface area contributed by atoms with Gasteiger partial charge in [-0.25, -0.2) is 4.39 Å². The van der Waals surface area contributed by atoms with E-state index in [9.17, 15) is 9.50 Å². The van der Waals surface area contributed by atoms with Crippen molar-refractivity contribution in [2.24, 2.45) is 5.73 Å². The quantitative estimate of drug-likeness (QED) is 0.902. The Labute approximate surface area is 122 Å². The zero-order valence-corrected chi connectivity index (χ0v) is 12.0. The van der Waals surface area contributed by atoms with Gasteiger partial charge < -0.3 is 15.4 Å². The summed E-state index contributed by atoms with van der Waals surface area (Å²) in [5, 5.41) is 14.6. The van der Waals surface area contributed by atoms with Gasteiger partial charge in [0.25, 0.3) is 0 Å². The highest BCUT2D eigenvalue weighted by Crippen LogP contribution is 2.33. The van der Waals surface area contributed by atoms with Crippen LogP contribution in [0.4, 0.5) is 4.39 Å². The molecule has 114 valence electrons. The summed E-state index contributed by atoms with van der Waals surface area (Å²) in [7, 11) is 0. The van der Waals surface area contributed by atoms with Crippen molar-refractivity contribution in [3.8, 4) is 0 Å². The van der Waals surface area contributed by atoms with Crippen molar-refractivity contribution in [3.63, 3.8) is 0 Å². The number of piperidine rings is 1. The molecule has 2 atom stereocenters. The highest BCUT2D eigenvalue weighted by atomic mass is 19.1. The average Bonchev–Trinajstić information content (AvgIpc) is 2.89. The van der Waals surface area contributed by atoms with Gasteiger partial charge in [0.15, 0.2) is 5.58 Å². The first-order valence-corrected chi connectivity index (χ1v) is 7.29. The summed E-state index contributed by atoms with van der Waals surface area (Å²) in [5.41, 5.74) is 7.35. The van der Waals surface area contributed by atoms with Crippen LogP contribution in [0.5, 0.6) is 0 Å². The zero-order valence-electron chi connectivity index (χ0n) is 12.0. The lowest BCUT2D eigenvalue weighted by atomic mass is 9.91. The molecule has 1 aromatic carbocycles. The second-order valence-corrected chi connectivity index (χ2v) is 5.75. The molecule has 1 aromatic heterocycles. The average molecular weight is 293 g/mol. The molecule has 3 N–H and O–H groups in total. The fourth-order valence-corrected chi connectivity index (χ4v) is 3.00. The summed E-state index contributed by atoms with van der Waals surface area (Å²) in [6.45, 7) is 3.33. The Bertz CT molecular complexity index is 620. The number of fused-ring (bicyclic) bond motifs is 1. The number of halogens is 1. The summed E-state index contributed by atoms with van der Waals surface area (Å²) in [6.07, 6.45) is 0.935. The largest absolute Gasteiger partial charge is 0.390 e. The molecule has 0 amide bonds. The maximum absolute atomic E-state index is 13.2. The second kappa shape index (κ2) is 5.71. The van der Waals surface area contributed by atoms with Crippen molar-refractivity contribution in [1.82, 2.24) is 10.1 Å². The van der Waals surface area contributed by atoms with E-state index in [1.807, 2.05) is 0 Å². The smallest absolute Gasteiger partial charge is 0.170 e. The summed E-state index contributed by atoms with van der Waals surface area (Å²) in [6, 6.07) is 4.52. The number of nitrogens with zero attached hydrogens (tertiary/aromatic N) is 2. The highest BCUT2D eigenvalue weighted by molar-refractivity contribution is 5.79. The van der Waals surface area contributed by atoms with Crippen molar-refractivity contribution in [1.29, 1.82) is 0 Å². The van der Waals surface area contributed by atoms with Gasteiger partial charge in [-0.3, -0.25) is 4.90 Å². The van der Waals surface area contributed by atoms with Crippen molar-refractivity contribution in [2.75, 3.05) is 13.1 Å². The maximum Gasteiger partial charge on any atom is 0.170 e. The normalized spacial score (nSPS) is 20.8. The van der Waals surface area contributed by atoms with Crippen molar-refractivity contribution < 1.29 is 14.0 Å². The molecule has 2 aromatic rings. The number of hydrogen-bond acceptors (Lipinski definition) is 5. The van der Waals surface area contributed by atoms with Gasteiger partial charge in [0.05, 0.1) is 18.0 Å². The number of likely N-dealkylation sites (tertiary alicyclic amines) is 1. The first kappa shape index (κ1) is 14.4. The zero-order chi connectivity index (χ0) is 15.0. The Balaban J connectivity index is 1.74. The van der Waals surface area contributed by atoms with E-state index in [2.05, 4.69) is 10.1 Å². The van der Waals surface area contributed by atoms with Crippen molar-refractivity contribution in [3.05, 3.63) is 29.7 Å². The van der Waals surface area contributed by atoms with Crippen LogP contribution in [0.1, 0.15) is 31.4 Å². The SMILES string of the molecule is CC(O)C(N)N1CCC(c2noc3cc(F)ccc23)CC1. The van der Waals surface area contributed by atoms with E-state index in [4.69, 9.17) is 10.3 Å². The van der Waals surface area contributed by atoms with E-state index in [0.29, 0.717) is 5.58 Å². The summed E-state index contributed by atoms with van der Waals surface area (Å²) >= 11 is 0. The Morgan fingerprint density at radius 2 is 2.14 bits per heavy atom. The van der Waals surface area contributed by atoms with Gasteiger partial charge in [-0.1, -0.05) is 5.16 Å². The summed E-state index contributed by atoms with van der Waals surface area (Å²) in [5.74, 6) is -0.0305. The molecule has 0 spiro atoms. The van der Waals surface area contributed by atoms with E-state index >= 15 is 0 Å². The molecule has 3 rings (SSSR count). The van der Waals surface area contributed by atoms with Crippen LogP contribution >= 0.6 is 0 Å². The van der Waals surface area contributed by atoms with Gasteiger partial charge in [-0.05, 0) is 31.9 Å². The minimum atomic E-state index is -0.544. The minimum absolute atomic E-state index is 0.286. The maximum atomic E-state index is 13.2. The second-order valence-electron chi connectivity index (χ2n) is 5.75. The lowest BCUT2D eigenvalue weighted by molar-refractivity contribution is 0.0483. The van der Waals surface area contributed by atoms with E-state index in [1.165, 1.54) is 12.1 Å². The highest BCUT2D eigenvalue weighted by Gasteiger charge is 2.28. The van der Waals surface area contributed by atoms with Crippen molar-refractivity contribution in [2.45, 2.75) is 38.0 Å². The molecule has 2 unspecified atom stereocenters. The van der Waals surface area contributed by atoms with Crippen LogP contribution in [-0.2, 0) is 0 Å². The number of rotatable bonds is 3. The first-order chi connectivity index (χ1) is 10.1. The summed E-state index contributed by atoms with van der Waals surface area (Å²) < 4.78 is 18.4. The van der Waals surface area contributed by atoms with Gasteiger partial charge in [0.1, 0.15) is 5.82 Å². The fraction of sp³-hybridized carbons (Fsp3) is 0.533. The third kappa shape index (κ3) is 2.79. The molecule has 1 saturated heterocycles. The molecule has 0 saturated carbocycles. The van der Waals surface area contributed by atoms with Gasteiger partial charge in [-0.2, -0.15) is 0 Å². The van der Waals surface area contributed by atoms with Gasteiger partial charge in [0, 0.05) is 30.5 Å². The van der Waals surface area contributed by atoms with E-state index in [0.717, 1.165) is 37.0 Å². The third-order valence-electron chi connectivity index (χ3n) is 4.29. The predicted molar refractivity (Wildman–Crippen MR) is 77.2 cm³/mol. The standard InChI is InChI=1S/C15H20FN3O2/c1-9(20)15(17)19-6-4-10(5-7-19)14-12-3-2-11(16)8-13(12)21-18-14/h2-3,8-10,15,20H,4-7,17H2,1H3. The van der Waals surface area contributed by atoms with Crippen LogP contribution in [0.25, 0.3) is 11.0 Å². The number of benzene rings is 1. The Hall–Kier alpha value is -1.50. The van der Waals surface area contributed by atoms with Gasteiger partial charge in [0.2, 0.25) is 0 Å². The van der Waals surface area contributed by atoms with Crippen molar-refractivity contribution >= 4 is 11.0 Å². The molecule has 5 nitrogen and oxygen atoms in total. The number of hydrogen-bond donors (Lipinski definition) is 2. The van der Waals surface area contributed by atoms with E-state index in [1.54, 1.807) is 13.0 Å². The van der Waals surface area contributed by atoms with Crippen LogP contribution < -0.4 is 5.73 Å². The first-order valence-electron chi connectivity index (χ1n) is 7.29. The lowest BCUT2D eigenvalue weighted by Gasteiger charge is -2.36. The number of aliphatic hydroxyl groups excluding tert-OH is 1. The van der Waals surface area contributed by atoms with Crippen LogP contribution in [0.15, 0.2) is 22.7 Å². The number of aromatic nitrogens is 1. The molecular weight excluding hydrogens is 273 g/mol. The van der Waals surface area contributed by atoms with E-state index < -0.39 is 6.10 Å². The van der Waals surface area contributed by atoms with Gasteiger partial charge in [-0.15, -0.1) is 0 Å². The van der Waals surface area contributed by atoms with E-state index in [-0.39, 0.29) is 17.9 Å². The molecule has 0 aliphatic carbocycles. The Morgan fingerprint density at radius 1 is 1.43 bits per heavy atom. The molecule has 1 aliphatic rings. The Kier molecular flexibility index (Phi) is 3.93. The fourth-order valence-electron chi connectivity index (χ4n) is 3.00. The van der Waals surface area contributed by atoms with Gasteiger partial charge >= 0.3 is 0 Å². The van der Waals surface area contributed by atoms with Crippen LogP contribution in [0, 0.1) is 5.82 Å². The van der Waals surface area contributed by atoms with Crippen LogP contribution in [0.3, 0.4) is 0 Å². The molecule has 1 aliphatic heterocycles. The molecule has 1 fully saturated rings. The molecule has 0 radical (unpaired) electrons. The lowest BCUT2D eigenvalue weighted by Crippen LogP contribution is -2.51. The molecule has 21 heavy (non-hydrogen) atoms. The minimum Gasteiger partial charge on any atom is -0.390 e. The summed E-state index contributed by atoms with van der Waals surface area (Å²) in [4.78, 5) is 2.09. The number of aliphatic hydroxyl groups is 1. The molecular formula is C15H20FN3O2. The third-order valence-corrected chi connectivity index (χ3v) is 4.29. The molecule has 6 heteroatoms. The predicted octanol–water partition coefficient (Wildman–Crippen LogP) is 1.81. The number of nitrogens with two attached hydrogens (primary N) is 1. The Morgan fingerprint density at radius 3 is 2.81 bits per heavy atom. The van der Waals surface area contributed by atoms with Crippen LogP contribution in [0.2, 0.25) is 0 Å².